The summed E-state index contributed by atoms with van der Waals surface area (Å²) in [6.45, 7) is 6.22. The quantitative estimate of drug-likeness (QED) is 0.785. The number of hydrogen-bond donors (Lipinski definition) is 0. The number of nitrogens with zero attached hydrogens (tertiary/aromatic N) is 2. The van der Waals surface area contributed by atoms with Crippen molar-refractivity contribution in [2.24, 2.45) is 0 Å². The highest BCUT2D eigenvalue weighted by Crippen LogP contribution is 2.29. The summed E-state index contributed by atoms with van der Waals surface area (Å²) in [4.78, 5) is 18.6. The van der Waals surface area contributed by atoms with Crippen LogP contribution in [0.25, 0.3) is 0 Å². The molecule has 4 heteroatoms. The van der Waals surface area contributed by atoms with Gasteiger partial charge in [-0.05, 0) is 30.0 Å². The predicted molar refractivity (Wildman–Crippen MR) is 72.8 cm³/mol. The Morgan fingerprint density at radius 3 is 2.47 bits per heavy atom. The van der Waals surface area contributed by atoms with Crippen LogP contribution in [0.4, 0.5) is 0 Å². The van der Waals surface area contributed by atoms with Crippen molar-refractivity contribution in [3.05, 3.63) is 47.3 Å². The van der Waals surface area contributed by atoms with Gasteiger partial charge in [0.15, 0.2) is 6.29 Å². The number of carbonyl (C=O) groups is 1. The molecule has 98 valence electrons. The van der Waals surface area contributed by atoms with Crippen molar-refractivity contribution in [3.8, 4) is 11.8 Å². The van der Waals surface area contributed by atoms with Gasteiger partial charge in [0, 0.05) is 12.4 Å². The van der Waals surface area contributed by atoms with Gasteiger partial charge in [-0.2, -0.15) is 0 Å². The third-order valence-electron chi connectivity index (χ3n) is 2.78. The maximum Gasteiger partial charge on any atom is 0.321 e. The molecule has 0 spiro atoms. The van der Waals surface area contributed by atoms with Gasteiger partial charge in [0.1, 0.15) is 5.75 Å². The van der Waals surface area contributed by atoms with Crippen LogP contribution in [0, 0.1) is 6.92 Å². The van der Waals surface area contributed by atoms with E-state index in [1.54, 1.807) is 0 Å². The predicted octanol–water partition coefficient (Wildman–Crippen LogP) is 3.51. The second-order valence-corrected chi connectivity index (χ2v) is 4.71. The van der Waals surface area contributed by atoms with Crippen molar-refractivity contribution >= 4 is 6.29 Å². The van der Waals surface area contributed by atoms with Gasteiger partial charge >= 0.3 is 6.01 Å². The molecule has 0 saturated carbocycles. The third-order valence-corrected chi connectivity index (χ3v) is 2.78. The minimum atomic E-state index is 0.248. The molecule has 1 aromatic heterocycles. The van der Waals surface area contributed by atoms with Gasteiger partial charge < -0.3 is 4.74 Å². The fourth-order valence-corrected chi connectivity index (χ4v) is 1.75. The molecule has 0 N–H and O–H groups in total. The van der Waals surface area contributed by atoms with Crippen LogP contribution in [0.5, 0.6) is 11.8 Å². The molecule has 0 saturated heterocycles. The Labute approximate surface area is 112 Å². The first-order chi connectivity index (χ1) is 9.10. The number of ether oxygens (including phenoxy) is 1. The van der Waals surface area contributed by atoms with Gasteiger partial charge in [0.25, 0.3) is 0 Å². The van der Waals surface area contributed by atoms with E-state index >= 15 is 0 Å². The molecule has 0 aliphatic heterocycles. The minimum Gasteiger partial charge on any atom is -0.424 e. The molecule has 0 bridgehead atoms. The van der Waals surface area contributed by atoms with Gasteiger partial charge in [-0.1, -0.05) is 26.0 Å². The van der Waals surface area contributed by atoms with Crippen LogP contribution in [0.2, 0.25) is 0 Å². The van der Waals surface area contributed by atoms with Crippen LogP contribution in [-0.4, -0.2) is 16.3 Å². The summed E-state index contributed by atoms with van der Waals surface area (Å²) in [6, 6.07) is 6.32. The van der Waals surface area contributed by atoms with E-state index in [-0.39, 0.29) is 6.01 Å². The zero-order valence-electron chi connectivity index (χ0n) is 11.3. The standard InChI is InChI=1S/C15H16N2O2/c1-10(2)13-5-4-11(3)6-14(13)19-15-16-7-12(9-18)8-17-15/h4-10H,1-3H3. The van der Waals surface area contributed by atoms with Crippen LogP contribution >= 0.6 is 0 Å². The van der Waals surface area contributed by atoms with Crippen LogP contribution in [0.3, 0.4) is 0 Å². The highest BCUT2D eigenvalue weighted by molar-refractivity contribution is 5.73. The molecule has 0 fully saturated rings. The molecule has 4 nitrogen and oxygen atoms in total. The average molecular weight is 256 g/mol. The topological polar surface area (TPSA) is 52.1 Å². The van der Waals surface area contributed by atoms with Gasteiger partial charge in [-0.3, -0.25) is 4.79 Å². The monoisotopic (exact) mass is 256 g/mol. The minimum absolute atomic E-state index is 0.248. The van der Waals surface area contributed by atoms with Crippen molar-refractivity contribution in [2.75, 3.05) is 0 Å². The van der Waals surface area contributed by atoms with E-state index in [0.717, 1.165) is 16.9 Å². The highest BCUT2D eigenvalue weighted by Gasteiger charge is 2.10. The Hall–Kier alpha value is -2.23. The normalized spacial score (nSPS) is 10.5. The molecule has 2 rings (SSSR count). The van der Waals surface area contributed by atoms with Crippen LogP contribution < -0.4 is 4.74 Å². The molecule has 0 unspecified atom stereocenters. The van der Waals surface area contributed by atoms with E-state index in [4.69, 9.17) is 4.74 Å². The lowest BCUT2D eigenvalue weighted by Crippen LogP contribution is -1.98. The van der Waals surface area contributed by atoms with E-state index in [1.165, 1.54) is 12.4 Å². The number of benzene rings is 1. The van der Waals surface area contributed by atoms with E-state index in [2.05, 4.69) is 35.9 Å². The lowest BCUT2D eigenvalue weighted by atomic mass is 10.0. The molecule has 19 heavy (non-hydrogen) atoms. The Balaban J connectivity index is 2.30. The number of aldehydes is 1. The van der Waals surface area contributed by atoms with Gasteiger partial charge in [-0.25, -0.2) is 9.97 Å². The molecule has 0 radical (unpaired) electrons. The van der Waals surface area contributed by atoms with E-state index in [1.807, 2.05) is 13.0 Å². The fourth-order valence-electron chi connectivity index (χ4n) is 1.75. The second kappa shape index (κ2) is 5.61. The van der Waals surface area contributed by atoms with Crippen molar-refractivity contribution in [1.29, 1.82) is 0 Å². The largest absolute Gasteiger partial charge is 0.424 e. The number of carbonyl (C=O) groups excluding carboxylic acids is 1. The molecule has 0 aliphatic rings. The first-order valence-corrected chi connectivity index (χ1v) is 6.15. The summed E-state index contributed by atoms with van der Waals surface area (Å²) in [6.07, 6.45) is 3.59. The summed E-state index contributed by atoms with van der Waals surface area (Å²) in [5, 5.41) is 0. The van der Waals surface area contributed by atoms with Gasteiger partial charge in [0.05, 0.1) is 5.56 Å². The molecular weight excluding hydrogens is 240 g/mol. The number of aryl methyl sites for hydroxylation is 1. The smallest absolute Gasteiger partial charge is 0.321 e. The van der Waals surface area contributed by atoms with Crippen LogP contribution in [0.15, 0.2) is 30.6 Å². The summed E-state index contributed by atoms with van der Waals surface area (Å²) in [5.74, 6) is 1.11. The lowest BCUT2D eigenvalue weighted by molar-refractivity contribution is 0.112. The van der Waals surface area contributed by atoms with Crippen molar-refractivity contribution in [2.45, 2.75) is 26.7 Å². The maximum absolute atomic E-state index is 10.5. The summed E-state index contributed by atoms with van der Waals surface area (Å²) in [7, 11) is 0. The Kier molecular flexibility index (Phi) is 3.90. The molecular formula is C15H16N2O2. The van der Waals surface area contributed by atoms with Gasteiger partial charge in [0.2, 0.25) is 0 Å². The highest BCUT2D eigenvalue weighted by atomic mass is 16.5. The Morgan fingerprint density at radius 1 is 1.21 bits per heavy atom. The molecule has 1 aromatic carbocycles. The zero-order valence-corrected chi connectivity index (χ0v) is 11.3. The zero-order chi connectivity index (χ0) is 13.8. The summed E-state index contributed by atoms with van der Waals surface area (Å²) >= 11 is 0. The first kappa shape index (κ1) is 13.2. The molecule has 0 aliphatic carbocycles. The van der Waals surface area contributed by atoms with Gasteiger partial charge in [-0.15, -0.1) is 0 Å². The second-order valence-electron chi connectivity index (χ2n) is 4.71. The molecule has 1 heterocycles. The van der Waals surface area contributed by atoms with Crippen LogP contribution in [0.1, 0.15) is 41.3 Å². The number of aromatic nitrogens is 2. The average Bonchev–Trinajstić information content (AvgIpc) is 2.39. The van der Waals surface area contributed by atoms with E-state index < -0.39 is 0 Å². The summed E-state index contributed by atoms with van der Waals surface area (Å²) < 4.78 is 5.71. The van der Waals surface area contributed by atoms with Crippen LogP contribution in [-0.2, 0) is 0 Å². The van der Waals surface area contributed by atoms with E-state index in [0.29, 0.717) is 17.8 Å². The fraction of sp³-hybridized carbons (Fsp3) is 0.267. The van der Waals surface area contributed by atoms with Crippen molar-refractivity contribution in [1.82, 2.24) is 9.97 Å². The number of hydrogen-bond acceptors (Lipinski definition) is 4. The third kappa shape index (κ3) is 3.16. The summed E-state index contributed by atoms with van der Waals surface area (Å²) in [5.41, 5.74) is 2.65. The first-order valence-electron chi connectivity index (χ1n) is 6.15. The number of rotatable bonds is 4. The Bertz CT molecular complexity index is 577. The SMILES string of the molecule is Cc1ccc(C(C)C)c(Oc2ncc(C=O)cn2)c1. The van der Waals surface area contributed by atoms with Crippen molar-refractivity contribution in [3.63, 3.8) is 0 Å². The Morgan fingerprint density at radius 2 is 1.89 bits per heavy atom. The molecule has 2 aromatic rings. The molecule has 0 amide bonds. The van der Waals surface area contributed by atoms with E-state index in [9.17, 15) is 4.79 Å². The maximum atomic E-state index is 10.5. The molecule has 0 atom stereocenters. The lowest BCUT2D eigenvalue weighted by Gasteiger charge is -2.13. The van der Waals surface area contributed by atoms with Crippen molar-refractivity contribution < 1.29 is 9.53 Å².